The van der Waals surface area contributed by atoms with Crippen LogP contribution in [-0.2, 0) is 24.4 Å². The second-order valence-corrected chi connectivity index (χ2v) is 13.3. The lowest BCUT2D eigenvalue weighted by molar-refractivity contribution is -0.740. The predicted octanol–water partition coefficient (Wildman–Crippen LogP) is 9.48. The van der Waals surface area contributed by atoms with E-state index in [-0.39, 0.29) is 11.4 Å². The van der Waals surface area contributed by atoms with Gasteiger partial charge in [-0.3, -0.25) is 0 Å². The fourth-order valence-corrected chi connectivity index (χ4v) is 8.26. The number of unbranched alkanes of at least 4 members (excludes halogenated alkanes) is 1. The first-order chi connectivity index (χ1) is 21.3. The van der Waals surface area contributed by atoms with Gasteiger partial charge in [-0.2, -0.15) is 4.57 Å². The maximum atomic E-state index is 16.3. The Balaban J connectivity index is 1.59. The molecule has 1 aliphatic carbocycles. The number of hydrogen-bond acceptors (Lipinski definition) is 0. The molecule has 1 aliphatic heterocycles. The predicted molar refractivity (Wildman–Crippen MR) is 180 cm³/mol. The van der Waals surface area contributed by atoms with E-state index in [0.717, 1.165) is 43.2 Å². The van der Waals surface area contributed by atoms with Crippen LogP contribution in [-0.4, -0.2) is 0 Å². The summed E-state index contributed by atoms with van der Waals surface area (Å²) < 4.78 is 21.0. The summed E-state index contributed by atoms with van der Waals surface area (Å²) in [5.74, 6) is -0.113. The standard InChI is InChI=1S/C41H43FN2/c1-7-10-15-27-24-29-21-23-44-39-36(29)33(25-27)40(4,5)38-34(42)20-19-31(37(38)39)32(41(44,8-2)9-3)26-28-16-11-12-17-30(28)35-18-13-14-22-43(35)6/h11-14,16-26H,7-10,15H2,1-6H3/q+2. The summed E-state index contributed by atoms with van der Waals surface area (Å²) in [5, 5.41) is 2.56. The van der Waals surface area contributed by atoms with Gasteiger partial charge in [0.15, 0.2) is 17.9 Å². The van der Waals surface area contributed by atoms with Crippen molar-refractivity contribution in [3.8, 4) is 22.5 Å². The van der Waals surface area contributed by atoms with E-state index in [1.807, 2.05) is 0 Å². The Morgan fingerprint density at radius 1 is 0.841 bits per heavy atom. The van der Waals surface area contributed by atoms with Gasteiger partial charge in [0.05, 0.1) is 16.5 Å². The number of allylic oxidation sites excluding steroid dienone is 1. The van der Waals surface area contributed by atoms with E-state index in [4.69, 9.17) is 0 Å². The van der Waals surface area contributed by atoms with Crippen molar-refractivity contribution in [3.05, 3.63) is 119 Å². The topological polar surface area (TPSA) is 7.76 Å². The molecular formula is C41H43FN2+2. The third-order valence-corrected chi connectivity index (χ3v) is 10.6. The summed E-state index contributed by atoms with van der Waals surface area (Å²) in [6, 6.07) is 25.9. The van der Waals surface area contributed by atoms with Crippen molar-refractivity contribution in [1.29, 1.82) is 0 Å². The maximum absolute atomic E-state index is 16.3. The van der Waals surface area contributed by atoms with Crippen LogP contribution in [0.4, 0.5) is 4.39 Å². The van der Waals surface area contributed by atoms with Crippen LogP contribution in [0.1, 0.15) is 88.1 Å². The summed E-state index contributed by atoms with van der Waals surface area (Å²) >= 11 is 0. The molecule has 222 valence electrons. The number of hydrogen-bond donors (Lipinski definition) is 0. The van der Waals surface area contributed by atoms with Gasteiger partial charge in [-0.25, -0.2) is 8.96 Å². The zero-order valence-electron chi connectivity index (χ0n) is 27.0. The third kappa shape index (κ3) is 3.98. The molecule has 7 rings (SSSR count). The quantitative estimate of drug-likeness (QED) is 0.169. The fraction of sp³-hybridized carbons (Fsp3) is 0.317. The van der Waals surface area contributed by atoms with Crippen LogP contribution < -0.4 is 9.13 Å². The second-order valence-electron chi connectivity index (χ2n) is 13.3. The molecule has 0 atom stereocenters. The Bertz CT molecular complexity index is 1980. The van der Waals surface area contributed by atoms with Crippen LogP contribution in [0.25, 0.3) is 44.9 Å². The van der Waals surface area contributed by atoms with Crippen LogP contribution >= 0.6 is 0 Å². The molecule has 3 heterocycles. The van der Waals surface area contributed by atoms with E-state index in [2.05, 4.69) is 136 Å². The van der Waals surface area contributed by atoms with Gasteiger partial charge in [-0.05, 0) is 64.8 Å². The van der Waals surface area contributed by atoms with Crippen molar-refractivity contribution in [2.24, 2.45) is 7.05 Å². The Kier molecular flexibility index (Phi) is 6.84. The van der Waals surface area contributed by atoms with Gasteiger partial charge < -0.3 is 0 Å². The molecule has 2 aromatic heterocycles. The van der Waals surface area contributed by atoms with Crippen molar-refractivity contribution < 1.29 is 13.5 Å². The largest absolute Gasteiger partial charge is 0.222 e. The van der Waals surface area contributed by atoms with E-state index in [9.17, 15) is 0 Å². The molecule has 2 nitrogen and oxygen atoms in total. The molecule has 2 aliphatic rings. The number of pyridine rings is 2. The van der Waals surface area contributed by atoms with Gasteiger partial charge in [0.2, 0.25) is 11.4 Å². The first-order valence-electron chi connectivity index (χ1n) is 16.4. The molecule has 0 unspecified atom stereocenters. The average molecular weight is 583 g/mol. The summed E-state index contributed by atoms with van der Waals surface area (Å²) in [6.07, 6.45) is 12.0. The average Bonchev–Trinajstić information content (AvgIpc) is 3.03. The molecule has 0 spiro atoms. The van der Waals surface area contributed by atoms with E-state index in [0.29, 0.717) is 0 Å². The van der Waals surface area contributed by atoms with Crippen molar-refractivity contribution in [2.75, 3.05) is 0 Å². The molecule has 44 heavy (non-hydrogen) atoms. The van der Waals surface area contributed by atoms with Crippen LogP contribution in [0.15, 0.2) is 85.2 Å². The molecule has 0 fully saturated rings. The first-order valence-corrected chi connectivity index (χ1v) is 16.4. The van der Waals surface area contributed by atoms with Crippen LogP contribution in [0.5, 0.6) is 0 Å². The summed E-state index contributed by atoms with van der Waals surface area (Å²) in [6.45, 7) is 11.3. The Morgan fingerprint density at radius 3 is 2.36 bits per heavy atom. The third-order valence-electron chi connectivity index (χ3n) is 10.6. The van der Waals surface area contributed by atoms with E-state index in [1.165, 1.54) is 55.6 Å². The van der Waals surface area contributed by atoms with Crippen molar-refractivity contribution in [3.63, 3.8) is 0 Å². The minimum atomic E-state index is -0.471. The second kappa shape index (κ2) is 10.5. The van der Waals surface area contributed by atoms with Gasteiger partial charge in [-0.15, -0.1) is 0 Å². The number of rotatable bonds is 7. The summed E-state index contributed by atoms with van der Waals surface area (Å²) in [7, 11) is 2.10. The molecule has 5 aromatic rings. The van der Waals surface area contributed by atoms with Crippen LogP contribution in [0, 0.1) is 5.82 Å². The van der Waals surface area contributed by atoms with E-state index in [1.54, 1.807) is 6.07 Å². The minimum absolute atomic E-state index is 0.113. The van der Waals surface area contributed by atoms with Crippen LogP contribution in [0.2, 0.25) is 0 Å². The van der Waals surface area contributed by atoms with E-state index >= 15 is 4.39 Å². The van der Waals surface area contributed by atoms with Gasteiger partial charge in [-0.1, -0.05) is 77.4 Å². The lowest BCUT2D eigenvalue weighted by Gasteiger charge is -2.42. The van der Waals surface area contributed by atoms with Gasteiger partial charge in [0, 0.05) is 47.6 Å². The molecule has 0 saturated heterocycles. The van der Waals surface area contributed by atoms with E-state index < -0.39 is 5.41 Å². The van der Waals surface area contributed by atoms with Crippen molar-refractivity contribution >= 4 is 22.4 Å². The number of benzene rings is 3. The number of aromatic nitrogens is 2. The monoisotopic (exact) mass is 582 g/mol. The normalized spacial score (nSPS) is 16.5. The highest BCUT2D eigenvalue weighted by molar-refractivity contribution is 6.06. The SMILES string of the molecule is CCCCc1cc2c3c4[n+](ccc3c1)C(CC)(CC)C(=Cc1ccccc1-c1cccc[n+]1C)c1ccc(F)c(c1-4)C2(C)C. The molecule has 0 bridgehead atoms. The molecule has 0 amide bonds. The summed E-state index contributed by atoms with van der Waals surface area (Å²) in [5.41, 5.74) is 10.9. The number of nitrogens with zero attached hydrogens (tertiary/aromatic N) is 2. The van der Waals surface area contributed by atoms with Crippen molar-refractivity contribution in [1.82, 2.24) is 0 Å². The number of halogens is 1. The van der Waals surface area contributed by atoms with Crippen molar-refractivity contribution in [2.45, 2.75) is 77.7 Å². The first kappa shape index (κ1) is 28.6. The molecule has 0 radical (unpaired) electrons. The molecular weight excluding hydrogens is 539 g/mol. The smallest absolute Gasteiger partial charge is 0.207 e. The highest BCUT2D eigenvalue weighted by Crippen LogP contribution is 2.56. The lowest BCUT2D eigenvalue weighted by atomic mass is 9.64. The lowest BCUT2D eigenvalue weighted by Crippen LogP contribution is -2.60. The highest BCUT2D eigenvalue weighted by Gasteiger charge is 2.53. The van der Waals surface area contributed by atoms with Crippen LogP contribution in [0.3, 0.4) is 0 Å². The summed E-state index contributed by atoms with van der Waals surface area (Å²) in [4.78, 5) is 0. The molecule has 0 N–H and O–H groups in total. The van der Waals surface area contributed by atoms with Gasteiger partial charge in [0.1, 0.15) is 12.9 Å². The Hall–Kier alpha value is -4.11. The zero-order valence-corrected chi connectivity index (χ0v) is 27.0. The Morgan fingerprint density at radius 2 is 1.61 bits per heavy atom. The fourth-order valence-electron chi connectivity index (χ4n) is 8.26. The molecule has 3 heteroatoms. The minimum Gasteiger partial charge on any atom is -0.207 e. The Labute approximate surface area is 261 Å². The molecule has 0 saturated carbocycles. The highest BCUT2D eigenvalue weighted by atomic mass is 19.1. The van der Waals surface area contributed by atoms with Gasteiger partial charge in [0.25, 0.3) is 0 Å². The maximum Gasteiger partial charge on any atom is 0.222 e. The number of aryl methyl sites for hydroxylation is 2. The zero-order chi connectivity index (χ0) is 30.8. The van der Waals surface area contributed by atoms with Gasteiger partial charge >= 0.3 is 0 Å². The molecule has 3 aromatic carbocycles.